The molecule has 1 amide bonds. The highest BCUT2D eigenvalue weighted by Crippen LogP contribution is 2.24. The van der Waals surface area contributed by atoms with E-state index in [0.29, 0.717) is 22.7 Å². The average molecular weight is 282 g/mol. The molecular weight excluding hydrogens is 262 g/mol. The summed E-state index contributed by atoms with van der Waals surface area (Å²) >= 11 is 6.04. The van der Waals surface area contributed by atoms with Crippen LogP contribution in [-0.2, 0) is 0 Å². The number of nitrogens with two attached hydrogens (primary N) is 1. The minimum Gasteiger partial charge on any atom is -0.382 e. The minimum atomic E-state index is -0.496. The lowest BCUT2D eigenvalue weighted by atomic mass is 9.98. The monoisotopic (exact) mass is 281 g/mol. The van der Waals surface area contributed by atoms with Crippen LogP contribution in [0.15, 0.2) is 18.2 Å². The molecule has 0 spiro atoms. The first kappa shape index (κ1) is 14.2. The molecule has 3 N–H and O–H groups in total. The second kappa shape index (κ2) is 5.80. The number of hydrogen-bond acceptors (Lipinski definition) is 3. The Morgan fingerprint density at radius 2 is 2.26 bits per heavy atom. The number of carbonyl (C=O) groups is 1. The highest BCUT2D eigenvalue weighted by Gasteiger charge is 2.22. The standard InChI is InChI=1S/C14H20ClN3O/c1-9-7-11(5-6-18(9)2)17-10-3-4-12(14(16)19)13(15)8-10/h3-4,8-9,11,17H,5-7H2,1-2H3,(H2,16,19). The first-order chi connectivity index (χ1) is 8.97. The van der Waals surface area contributed by atoms with Crippen molar-refractivity contribution in [3.63, 3.8) is 0 Å². The van der Waals surface area contributed by atoms with Crippen LogP contribution in [0.5, 0.6) is 0 Å². The van der Waals surface area contributed by atoms with E-state index in [4.69, 9.17) is 17.3 Å². The second-order valence-electron chi connectivity index (χ2n) is 5.25. The topological polar surface area (TPSA) is 58.4 Å². The number of hydrogen-bond donors (Lipinski definition) is 2. The maximum Gasteiger partial charge on any atom is 0.250 e. The van der Waals surface area contributed by atoms with Crippen molar-refractivity contribution in [2.24, 2.45) is 5.73 Å². The summed E-state index contributed by atoms with van der Waals surface area (Å²) in [5.41, 5.74) is 6.54. The van der Waals surface area contributed by atoms with Gasteiger partial charge in [-0.15, -0.1) is 0 Å². The van der Waals surface area contributed by atoms with E-state index in [-0.39, 0.29) is 0 Å². The molecule has 2 rings (SSSR count). The highest BCUT2D eigenvalue weighted by atomic mass is 35.5. The number of likely N-dealkylation sites (tertiary alicyclic amines) is 1. The Hall–Kier alpha value is -1.26. The Bertz CT molecular complexity index is 478. The van der Waals surface area contributed by atoms with E-state index in [2.05, 4.69) is 24.2 Å². The van der Waals surface area contributed by atoms with Crippen molar-refractivity contribution in [3.8, 4) is 0 Å². The lowest BCUT2D eigenvalue weighted by Gasteiger charge is -2.35. The zero-order valence-electron chi connectivity index (χ0n) is 11.3. The van der Waals surface area contributed by atoms with Crippen LogP contribution in [0.2, 0.25) is 5.02 Å². The second-order valence-corrected chi connectivity index (χ2v) is 5.66. The number of piperidine rings is 1. The number of halogens is 1. The van der Waals surface area contributed by atoms with Crippen molar-refractivity contribution >= 4 is 23.2 Å². The van der Waals surface area contributed by atoms with E-state index < -0.39 is 5.91 Å². The first-order valence-corrected chi connectivity index (χ1v) is 6.91. The molecule has 1 saturated heterocycles. The van der Waals surface area contributed by atoms with E-state index in [1.54, 1.807) is 12.1 Å². The molecule has 5 heteroatoms. The molecule has 1 fully saturated rings. The van der Waals surface area contributed by atoms with Gasteiger partial charge in [0.1, 0.15) is 0 Å². The summed E-state index contributed by atoms with van der Waals surface area (Å²) in [5.74, 6) is -0.496. The largest absolute Gasteiger partial charge is 0.382 e. The fourth-order valence-electron chi connectivity index (χ4n) is 2.46. The van der Waals surface area contributed by atoms with Crippen LogP contribution >= 0.6 is 11.6 Å². The predicted molar refractivity (Wildman–Crippen MR) is 78.7 cm³/mol. The molecule has 1 heterocycles. The van der Waals surface area contributed by atoms with Gasteiger partial charge in [-0.25, -0.2) is 0 Å². The van der Waals surface area contributed by atoms with Crippen LogP contribution < -0.4 is 11.1 Å². The Kier molecular flexibility index (Phi) is 4.32. The molecule has 0 saturated carbocycles. The molecule has 19 heavy (non-hydrogen) atoms. The molecule has 0 bridgehead atoms. The fourth-order valence-corrected chi connectivity index (χ4v) is 2.73. The van der Waals surface area contributed by atoms with Crippen molar-refractivity contribution in [2.45, 2.75) is 31.8 Å². The zero-order chi connectivity index (χ0) is 14.0. The van der Waals surface area contributed by atoms with Crippen LogP contribution in [0.25, 0.3) is 0 Å². The number of rotatable bonds is 3. The van der Waals surface area contributed by atoms with Gasteiger partial charge in [-0.2, -0.15) is 0 Å². The third kappa shape index (κ3) is 3.39. The molecule has 1 aliphatic rings. The lowest BCUT2D eigenvalue weighted by molar-refractivity contribution is 0.100. The van der Waals surface area contributed by atoms with Gasteiger partial charge in [0.15, 0.2) is 0 Å². The summed E-state index contributed by atoms with van der Waals surface area (Å²) in [7, 11) is 2.15. The van der Waals surface area contributed by atoms with Crippen molar-refractivity contribution in [3.05, 3.63) is 28.8 Å². The Labute approximate surface area is 118 Å². The van der Waals surface area contributed by atoms with E-state index >= 15 is 0 Å². The normalized spacial score (nSPS) is 24.2. The third-order valence-corrected chi connectivity index (χ3v) is 4.13. The van der Waals surface area contributed by atoms with Gasteiger partial charge < -0.3 is 16.0 Å². The van der Waals surface area contributed by atoms with Crippen LogP contribution in [0.3, 0.4) is 0 Å². The average Bonchev–Trinajstić information content (AvgIpc) is 2.33. The molecule has 1 aliphatic heterocycles. The zero-order valence-corrected chi connectivity index (χ0v) is 12.1. The maximum absolute atomic E-state index is 11.1. The molecule has 0 aliphatic carbocycles. The highest BCUT2D eigenvalue weighted by molar-refractivity contribution is 6.34. The van der Waals surface area contributed by atoms with E-state index in [1.807, 2.05) is 6.07 Å². The Balaban J connectivity index is 2.04. The van der Waals surface area contributed by atoms with E-state index in [0.717, 1.165) is 25.1 Å². The molecule has 0 radical (unpaired) electrons. The van der Waals surface area contributed by atoms with Crippen molar-refractivity contribution < 1.29 is 4.79 Å². The Morgan fingerprint density at radius 3 is 2.84 bits per heavy atom. The predicted octanol–water partition coefficient (Wildman–Crippen LogP) is 2.33. The molecule has 2 atom stereocenters. The number of nitrogens with zero attached hydrogens (tertiary/aromatic N) is 1. The number of primary amides is 1. The molecule has 104 valence electrons. The summed E-state index contributed by atoms with van der Waals surface area (Å²) in [6.07, 6.45) is 2.21. The Morgan fingerprint density at radius 1 is 1.53 bits per heavy atom. The maximum atomic E-state index is 11.1. The van der Waals surface area contributed by atoms with Crippen molar-refractivity contribution in [1.82, 2.24) is 4.90 Å². The van der Waals surface area contributed by atoms with Gasteiger partial charge in [0.25, 0.3) is 0 Å². The van der Waals surface area contributed by atoms with Crippen LogP contribution in [0, 0.1) is 0 Å². The minimum absolute atomic E-state index is 0.365. The lowest BCUT2D eigenvalue weighted by Crippen LogP contribution is -2.42. The number of nitrogens with one attached hydrogen (secondary N) is 1. The molecule has 2 unspecified atom stereocenters. The fraction of sp³-hybridized carbons (Fsp3) is 0.500. The van der Waals surface area contributed by atoms with Crippen molar-refractivity contribution in [2.75, 3.05) is 18.9 Å². The summed E-state index contributed by atoms with van der Waals surface area (Å²) < 4.78 is 0. The summed E-state index contributed by atoms with van der Waals surface area (Å²) in [5, 5.41) is 3.88. The summed E-state index contributed by atoms with van der Waals surface area (Å²) in [6, 6.07) is 6.32. The van der Waals surface area contributed by atoms with Gasteiger partial charge in [0, 0.05) is 24.3 Å². The molecular formula is C14H20ClN3O. The number of carbonyl (C=O) groups excluding carboxylic acids is 1. The third-order valence-electron chi connectivity index (χ3n) is 3.81. The van der Waals surface area contributed by atoms with Gasteiger partial charge in [-0.1, -0.05) is 11.6 Å². The molecule has 0 aromatic heterocycles. The number of benzene rings is 1. The van der Waals surface area contributed by atoms with Gasteiger partial charge in [0.2, 0.25) is 5.91 Å². The quantitative estimate of drug-likeness (QED) is 0.894. The molecule has 4 nitrogen and oxygen atoms in total. The SMILES string of the molecule is CC1CC(Nc2ccc(C(N)=O)c(Cl)c2)CCN1C. The van der Waals surface area contributed by atoms with E-state index in [1.165, 1.54) is 0 Å². The van der Waals surface area contributed by atoms with Crippen LogP contribution in [0.4, 0.5) is 5.69 Å². The van der Waals surface area contributed by atoms with Gasteiger partial charge in [-0.05, 0) is 45.0 Å². The number of anilines is 1. The van der Waals surface area contributed by atoms with Gasteiger partial charge in [0.05, 0.1) is 10.6 Å². The van der Waals surface area contributed by atoms with Crippen LogP contribution in [0.1, 0.15) is 30.1 Å². The van der Waals surface area contributed by atoms with Gasteiger partial charge >= 0.3 is 0 Å². The first-order valence-electron chi connectivity index (χ1n) is 6.53. The smallest absolute Gasteiger partial charge is 0.250 e. The van der Waals surface area contributed by atoms with Crippen molar-refractivity contribution in [1.29, 1.82) is 0 Å². The van der Waals surface area contributed by atoms with Gasteiger partial charge in [-0.3, -0.25) is 4.79 Å². The summed E-state index contributed by atoms with van der Waals surface area (Å²) in [6.45, 7) is 3.32. The summed E-state index contributed by atoms with van der Waals surface area (Å²) in [4.78, 5) is 13.5. The number of amides is 1. The van der Waals surface area contributed by atoms with E-state index in [9.17, 15) is 4.79 Å². The molecule has 1 aromatic rings. The van der Waals surface area contributed by atoms with Crippen LogP contribution in [-0.4, -0.2) is 36.5 Å². The molecule has 1 aromatic carbocycles.